The molecule has 2 aromatic rings. The number of aromatic hydroxyl groups is 2. The topological polar surface area (TPSA) is 100 Å². The number of nitrogens with zero attached hydrogens (tertiary/aromatic N) is 2. The molecule has 0 spiro atoms. The molecule has 1 aliphatic rings. The summed E-state index contributed by atoms with van der Waals surface area (Å²) >= 11 is 5.18. The molecule has 0 amide bonds. The monoisotopic (exact) mass is 349 g/mol. The van der Waals surface area contributed by atoms with E-state index in [-0.39, 0.29) is 34.6 Å². The van der Waals surface area contributed by atoms with E-state index in [0.717, 1.165) is 6.42 Å². The van der Waals surface area contributed by atoms with Gasteiger partial charge in [0.1, 0.15) is 17.4 Å². The molecule has 7 nitrogen and oxygen atoms in total. The van der Waals surface area contributed by atoms with Gasteiger partial charge in [0.2, 0.25) is 5.88 Å². The number of H-pyrrole nitrogens is 1. The van der Waals surface area contributed by atoms with Gasteiger partial charge in [0.15, 0.2) is 4.77 Å². The first-order valence-corrected chi connectivity index (χ1v) is 8.14. The molecule has 0 saturated carbocycles. The average Bonchev–Trinajstić information content (AvgIpc) is 2.94. The third kappa shape index (κ3) is 2.42. The molecule has 24 heavy (non-hydrogen) atoms. The van der Waals surface area contributed by atoms with Crippen molar-refractivity contribution in [2.75, 3.05) is 0 Å². The first-order chi connectivity index (χ1) is 11.4. The van der Waals surface area contributed by atoms with Crippen LogP contribution in [0.15, 0.2) is 11.0 Å². The summed E-state index contributed by atoms with van der Waals surface area (Å²) in [7, 11) is 0. The van der Waals surface area contributed by atoms with Crippen LogP contribution in [0.5, 0.6) is 11.6 Å². The Morgan fingerprint density at radius 3 is 2.88 bits per heavy atom. The van der Waals surface area contributed by atoms with Gasteiger partial charge in [0.05, 0.1) is 12.3 Å². The maximum absolute atomic E-state index is 12.4. The molecule has 0 saturated heterocycles. The van der Waals surface area contributed by atoms with E-state index in [1.54, 1.807) is 13.1 Å². The summed E-state index contributed by atoms with van der Waals surface area (Å²) < 4.78 is 7.34. The summed E-state index contributed by atoms with van der Waals surface area (Å²) in [6.45, 7) is 5.73. The fraction of sp³-hybridized carbons (Fsp3) is 0.438. The first-order valence-electron chi connectivity index (χ1n) is 7.73. The van der Waals surface area contributed by atoms with Crippen molar-refractivity contribution in [3.05, 3.63) is 43.7 Å². The number of hydrogen-bond donors (Lipinski definition) is 3. The van der Waals surface area contributed by atoms with Gasteiger partial charge in [-0.1, -0.05) is 6.92 Å². The zero-order chi connectivity index (χ0) is 17.6. The lowest BCUT2D eigenvalue weighted by Crippen LogP contribution is -2.23. The second kappa shape index (κ2) is 6.03. The SMILES string of the molecule is CC[C@H](C)n1c(O)c([C@H]2OCc3cnc(C)c(O)c32)c(=O)[nH]c1=S. The standard InChI is InChI=1S/C16H19N3O4S/c1-4-7(2)19-15(22)11(14(21)18-16(19)24)13-10-9(6-23-13)5-17-8(3)12(10)20/h5,7,13,20,22H,4,6H2,1-3H3,(H,18,21,24)/t7-,13-/m0/s1. The van der Waals surface area contributed by atoms with Crippen molar-refractivity contribution in [3.8, 4) is 11.6 Å². The van der Waals surface area contributed by atoms with E-state index < -0.39 is 11.7 Å². The molecule has 0 aliphatic carbocycles. The third-order valence-electron chi connectivity index (χ3n) is 4.47. The molecule has 0 aromatic carbocycles. The van der Waals surface area contributed by atoms with Crippen molar-refractivity contribution in [3.63, 3.8) is 0 Å². The van der Waals surface area contributed by atoms with Crippen molar-refractivity contribution >= 4 is 12.2 Å². The van der Waals surface area contributed by atoms with Crippen LogP contribution < -0.4 is 5.56 Å². The second-order valence-corrected chi connectivity index (χ2v) is 6.33. The molecule has 0 bridgehead atoms. The maximum atomic E-state index is 12.4. The van der Waals surface area contributed by atoms with Gasteiger partial charge in [-0.25, -0.2) is 0 Å². The lowest BCUT2D eigenvalue weighted by atomic mass is 10.00. The van der Waals surface area contributed by atoms with Crippen LogP contribution in [0.4, 0.5) is 0 Å². The highest BCUT2D eigenvalue weighted by Crippen LogP contribution is 2.43. The van der Waals surface area contributed by atoms with Crippen LogP contribution in [0.2, 0.25) is 0 Å². The molecule has 2 aromatic heterocycles. The van der Waals surface area contributed by atoms with Gasteiger partial charge in [0, 0.05) is 23.4 Å². The Labute approximate surface area is 143 Å². The van der Waals surface area contributed by atoms with Crippen LogP contribution in [0, 0.1) is 11.7 Å². The Kier molecular flexibility index (Phi) is 4.18. The van der Waals surface area contributed by atoms with E-state index in [2.05, 4.69) is 9.97 Å². The molecule has 1 aliphatic heterocycles. The normalized spacial score (nSPS) is 17.7. The Bertz CT molecular complexity index is 919. The smallest absolute Gasteiger partial charge is 0.261 e. The molecule has 0 unspecified atom stereocenters. The summed E-state index contributed by atoms with van der Waals surface area (Å²) in [6.07, 6.45) is 1.47. The molecule has 128 valence electrons. The summed E-state index contributed by atoms with van der Waals surface area (Å²) in [5.41, 5.74) is 1.12. The number of aryl methyl sites for hydroxylation is 1. The Morgan fingerprint density at radius 2 is 2.21 bits per heavy atom. The molecule has 2 atom stereocenters. The lowest BCUT2D eigenvalue weighted by Gasteiger charge is -2.20. The Hall–Kier alpha value is -2.19. The highest BCUT2D eigenvalue weighted by Gasteiger charge is 2.34. The van der Waals surface area contributed by atoms with E-state index in [1.165, 1.54) is 4.57 Å². The molecular formula is C16H19N3O4S. The summed E-state index contributed by atoms with van der Waals surface area (Å²) in [4.78, 5) is 19.1. The minimum Gasteiger partial charge on any atom is -0.506 e. The van der Waals surface area contributed by atoms with Crippen LogP contribution in [0.1, 0.15) is 54.8 Å². The summed E-state index contributed by atoms with van der Waals surface area (Å²) in [6, 6.07) is -0.0956. The fourth-order valence-corrected chi connectivity index (χ4v) is 3.28. The van der Waals surface area contributed by atoms with E-state index in [0.29, 0.717) is 16.8 Å². The number of aromatic nitrogens is 3. The van der Waals surface area contributed by atoms with Crippen LogP contribution >= 0.6 is 12.2 Å². The molecule has 8 heteroatoms. The van der Waals surface area contributed by atoms with E-state index in [9.17, 15) is 15.0 Å². The van der Waals surface area contributed by atoms with Gasteiger partial charge in [0.25, 0.3) is 5.56 Å². The first kappa shape index (κ1) is 16.7. The van der Waals surface area contributed by atoms with Crippen LogP contribution in [0.3, 0.4) is 0 Å². The van der Waals surface area contributed by atoms with E-state index in [1.807, 2.05) is 13.8 Å². The number of aromatic amines is 1. The van der Waals surface area contributed by atoms with Gasteiger partial charge in [-0.15, -0.1) is 0 Å². The van der Waals surface area contributed by atoms with Crippen LogP contribution in [-0.4, -0.2) is 24.7 Å². The quantitative estimate of drug-likeness (QED) is 0.737. The molecule has 0 radical (unpaired) electrons. The van der Waals surface area contributed by atoms with Crippen LogP contribution in [0.25, 0.3) is 0 Å². The maximum Gasteiger partial charge on any atom is 0.261 e. The van der Waals surface area contributed by atoms with E-state index >= 15 is 0 Å². The Balaban J connectivity index is 2.26. The number of hydrogen-bond acceptors (Lipinski definition) is 6. The second-order valence-electron chi connectivity index (χ2n) is 5.95. The molecule has 3 N–H and O–H groups in total. The van der Waals surface area contributed by atoms with Gasteiger partial charge in [-0.2, -0.15) is 0 Å². The number of pyridine rings is 1. The minimum absolute atomic E-state index is 0.0219. The van der Waals surface area contributed by atoms with Crippen molar-refractivity contribution < 1.29 is 14.9 Å². The van der Waals surface area contributed by atoms with Gasteiger partial charge < -0.3 is 14.9 Å². The molecule has 0 fully saturated rings. The fourth-order valence-electron chi connectivity index (χ4n) is 2.92. The van der Waals surface area contributed by atoms with Gasteiger partial charge in [-0.05, 0) is 32.5 Å². The van der Waals surface area contributed by atoms with E-state index in [4.69, 9.17) is 17.0 Å². The van der Waals surface area contributed by atoms with Crippen molar-refractivity contribution in [1.82, 2.24) is 14.5 Å². The average molecular weight is 349 g/mol. The predicted octanol–water partition coefficient (Wildman–Crippen LogP) is 2.61. The number of fused-ring (bicyclic) bond motifs is 1. The highest BCUT2D eigenvalue weighted by atomic mass is 32.1. The third-order valence-corrected chi connectivity index (χ3v) is 4.77. The lowest BCUT2D eigenvalue weighted by molar-refractivity contribution is 0.0886. The molecule has 3 rings (SSSR count). The number of ether oxygens (including phenoxy) is 1. The largest absolute Gasteiger partial charge is 0.506 e. The van der Waals surface area contributed by atoms with Crippen molar-refractivity contribution in [2.45, 2.75) is 45.9 Å². The number of rotatable bonds is 3. The highest BCUT2D eigenvalue weighted by molar-refractivity contribution is 7.71. The zero-order valence-corrected chi connectivity index (χ0v) is 14.5. The summed E-state index contributed by atoms with van der Waals surface area (Å²) in [5, 5.41) is 21.0. The van der Waals surface area contributed by atoms with Crippen LogP contribution in [-0.2, 0) is 11.3 Å². The minimum atomic E-state index is -0.864. The summed E-state index contributed by atoms with van der Waals surface area (Å²) in [5.74, 6) is -0.254. The number of nitrogens with one attached hydrogen (secondary N) is 1. The molecular weight excluding hydrogens is 330 g/mol. The van der Waals surface area contributed by atoms with Crippen molar-refractivity contribution in [1.29, 1.82) is 0 Å². The Morgan fingerprint density at radius 1 is 1.50 bits per heavy atom. The van der Waals surface area contributed by atoms with Gasteiger partial charge in [-0.3, -0.25) is 19.3 Å². The van der Waals surface area contributed by atoms with Crippen molar-refractivity contribution in [2.24, 2.45) is 0 Å². The van der Waals surface area contributed by atoms with Gasteiger partial charge >= 0.3 is 0 Å². The predicted molar refractivity (Wildman–Crippen MR) is 89.8 cm³/mol. The zero-order valence-electron chi connectivity index (χ0n) is 13.7. The molecule has 3 heterocycles.